The molecule has 1 aromatic carbocycles. The van der Waals surface area contributed by atoms with Gasteiger partial charge in [-0.05, 0) is 64.2 Å². The average molecular weight is 353 g/mol. The summed E-state index contributed by atoms with van der Waals surface area (Å²) < 4.78 is 8.60. The molecule has 0 atom stereocenters. The third-order valence-corrected chi connectivity index (χ3v) is 3.52. The predicted molar refractivity (Wildman–Crippen MR) is 88.4 cm³/mol. The Hall–Kier alpha value is -1.20. The molecule has 3 nitrogen and oxygen atoms in total. The minimum absolute atomic E-state index is 0.0757. The number of halogens is 1. The van der Waals surface area contributed by atoms with Crippen molar-refractivity contribution in [2.24, 2.45) is 0 Å². The molecule has 0 aliphatic heterocycles. The van der Waals surface area contributed by atoms with E-state index in [0.717, 1.165) is 10.2 Å². The van der Waals surface area contributed by atoms with Crippen molar-refractivity contribution < 1.29 is 4.74 Å². The summed E-state index contributed by atoms with van der Waals surface area (Å²) >= 11 is 8.74. The fraction of sp³-hybridized carbons (Fsp3) is 0.333. The van der Waals surface area contributed by atoms with Crippen molar-refractivity contribution in [2.75, 3.05) is 0 Å². The summed E-state index contributed by atoms with van der Waals surface area (Å²) in [5, 5.41) is 4.92. The van der Waals surface area contributed by atoms with E-state index in [4.69, 9.17) is 17.0 Å². The highest BCUT2D eigenvalue weighted by molar-refractivity contribution is 9.10. The number of nitrogens with zero attached hydrogens (tertiary/aromatic N) is 2. The van der Waals surface area contributed by atoms with Crippen molar-refractivity contribution in [1.29, 1.82) is 0 Å². The number of thiocarbonyl (C=S) groups is 1. The number of aryl methyl sites for hydroxylation is 1. The van der Waals surface area contributed by atoms with Gasteiger partial charge in [0, 0.05) is 10.2 Å². The third kappa shape index (κ3) is 3.46. The molecule has 0 fully saturated rings. The molecule has 0 N–H and O–H groups in total. The molecule has 0 aliphatic carbocycles. The minimum atomic E-state index is -0.0757. The minimum Gasteiger partial charge on any atom is -0.443 e. The second kappa shape index (κ2) is 5.66. The third-order valence-electron chi connectivity index (χ3n) is 2.74. The first-order valence-corrected chi connectivity index (χ1v) is 7.52. The van der Waals surface area contributed by atoms with Crippen LogP contribution in [-0.2, 0) is 5.54 Å². The van der Waals surface area contributed by atoms with E-state index >= 15 is 0 Å². The van der Waals surface area contributed by atoms with Gasteiger partial charge in [0.25, 0.3) is 0 Å². The van der Waals surface area contributed by atoms with Gasteiger partial charge < -0.3 is 4.74 Å². The fourth-order valence-electron chi connectivity index (χ4n) is 1.94. The molecule has 0 radical (unpaired) electrons. The number of ether oxygens (including phenoxy) is 1. The molecule has 2 aromatic rings. The molecule has 20 heavy (non-hydrogen) atoms. The van der Waals surface area contributed by atoms with Crippen LogP contribution in [0, 0.1) is 6.92 Å². The smallest absolute Gasteiger partial charge is 0.218 e. The summed E-state index contributed by atoms with van der Waals surface area (Å²) in [6, 6.07) is 9.53. The number of hydrogen-bond donors (Lipinski definition) is 0. The van der Waals surface area contributed by atoms with Crippen LogP contribution >= 0.6 is 28.1 Å². The normalized spacial score (nSPS) is 11.4. The molecule has 0 aliphatic rings. The number of aromatic nitrogens is 2. The van der Waals surface area contributed by atoms with Crippen LogP contribution in [0.15, 0.2) is 34.8 Å². The molecule has 0 spiro atoms. The SMILES string of the molecule is Cc1cc(C(=S)Oc2cccc(Br)c2)nn1C(C)(C)C. The van der Waals surface area contributed by atoms with Gasteiger partial charge in [-0.2, -0.15) is 5.10 Å². The van der Waals surface area contributed by atoms with Crippen molar-refractivity contribution in [3.05, 3.63) is 46.2 Å². The Labute approximate surface area is 133 Å². The zero-order chi connectivity index (χ0) is 14.9. The van der Waals surface area contributed by atoms with E-state index in [0.29, 0.717) is 16.5 Å². The van der Waals surface area contributed by atoms with Crippen LogP contribution < -0.4 is 4.74 Å². The van der Waals surface area contributed by atoms with Crippen LogP contribution in [0.25, 0.3) is 0 Å². The lowest BCUT2D eigenvalue weighted by Gasteiger charge is -2.21. The number of benzene rings is 1. The van der Waals surface area contributed by atoms with Gasteiger partial charge in [-0.3, -0.25) is 4.68 Å². The zero-order valence-corrected chi connectivity index (χ0v) is 14.4. The van der Waals surface area contributed by atoms with Crippen LogP contribution in [0.3, 0.4) is 0 Å². The standard InChI is InChI=1S/C15H17BrN2OS/c1-10-8-13(17-18(10)15(2,3)4)14(20)19-12-7-5-6-11(16)9-12/h5-9H,1-4H3. The summed E-state index contributed by atoms with van der Waals surface area (Å²) in [6.45, 7) is 8.34. The summed E-state index contributed by atoms with van der Waals surface area (Å²) in [5.74, 6) is 0.701. The fourth-order valence-corrected chi connectivity index (χ4v) is 2.52. The quantitative estimate of drug-likeness (QED) is 0.746. The van der Waals surface area contributed by atoms with Crippen molar-refractivity contribution >= 4 is 33.2 Å². The van der Waals surface area contributed by atoms with Gasteiger partial charge in [0.05, 0.1) is 5.54 Å². The van der Waals surface area contributed by atoms with Crippen LogP contribution in [-0.4, -0.2) is 14.8 Å². The predicted octanol–water partition coefficient (Wildman–Crippen LogP) is 4.46. The van der Waals surface area contributed by atoms with Gasteiger partial charge in [-0.25, -0.2) is 0 Å². The van der Waals surface area contributed by atoms with Gasteiger partial charge >= 0.3 is 0 Å². The van der Waals surface area contributed by atoms with Crippen molar-refractivity contribution in [1.82, 2.24) is 9.78 Å². The maximum atomic E-state index is 5.69. The first-order valence-electron chi connectivity index (χ1n) is 6.32. The lowest BCUT2D eigenvalue weighted by Crippen LogP contribution is -2.24. The van der Waals surface area contributed by atoms with E-state index in [1.54, 1.807) is 0 Å². The molecular formula is C15H17BrN2OS. The Bertz CT molecular complexity index is 644. The number of hydrogen-bond acceptors (Lipinski definition) is 3. The molecule has 0 bridgehead atoms. The monoisotopic (exact) mass is 352 g/mol. The first kappa shape index (κ1) is 15.2. The van der Waals surface area contributed by atoms with E-state index in [2.05, 4.69) is 41.8 Å². The van der Waals surface area contributed by atoms with Crippen molar-refractivity contribution in [2.45, 2.75) is 33.2 Å². The highest BCUT2D eigenvalue weighted by Crippen LogP contribution is 2.21. The van der Waals surface area contributed by atoms with Crippen LogP contribution in [0.4, 0.5) is 0 Å². The van der Waals surface area contributed by atoms with Gasteiger partial charge in [-0.1, -0.05) is 22.0 Å². The van der Waals surface area contributed by atoms with Crippen molar-refractivity contribution in [3.8, 4) is 5.75 Å². The van der Waals surface area contributed by atoms with E-state index in [9.17, 15) is 0 Å². The van der Waals surface area contributed by atoms with Gasteiger partial charge in [0.2, 0.25) is 5.05 Å². The molecule has 106 valence electrons. The summed E-state index contributed by atoms with van der Waals surface area (Å²) in [4.78, 5) is 0. The maximum absolute atomic E-state index is 5.69. The molecule has 0 unspecified atom stereocenters. The highest BCUT2D eigenvalue weighted by Gasteiger charge is 2.19. The summed E-state index contributed by atoms with van der Waals surface area (Å²) in [7, 11) is 0. The Kier molecular flexibility index (Phi) is 4.30. The van der Waals surface area contributed by atoms with Crippen molar-refractivity contribution in [3.63, 3.8) is 0 Å². The molecule has 0 amide bonds. The Morgan fingerprint density at radius 1 is 1.30 bits per heavy atom. The molecule has 0 saturated heterocycles. The Balaban J connectivity index is 2.22. The first-order chi connectivity index (χ1) is 9.27. The molecule has 5 heteroatoms. The number of rotatable bonds is 2. The van der Waals surface area contributed by atoms with Gasteiger partial charge in [0.1, 0.15) is 11.4 Å². The van der Waals surface area contributed by atoms with E-state index < -0.39 is 0 Å². The van der Waals surface area contributed by atoms with Crippen LogP contribution in [0.2, 0.25) is 0 Å². The summed E-state index contributed by atoms with van der Waals surface area (Å²) in [6.07, 6.45) is 0. The Morgan fingerprint density at radius 3 is 2.55 bits per heavy atom. The molecule has 2 rings (SSSR count). The zero-order valence-electron chi connectivity index (χ0n) is 12.0. The topological polar surface area (TPSA) is 27.1 Å². The molecule has 0 saturated carbocycles. The molecule has 1 aromatic heterocycles. The lowest BCUT2D eigenvalue weighted by atomic mass is 10.1. The van der Waals surface area contributed by atoms with E-state index in [1.807, 2.05) is 41.9 Å². The van der Waals surface area contributed by atoms with E-state index in [1.165, 1.54) is 0 Å². The van der Waals surface area contributed by atoms with Gasteiger partial charge in [0.15, 0.2) is 0 Å². The second-order valence-electron chi connectivity index (χ2n) is 5.60. The average Bonchev–Trinajstić information content (AvgIpc) is 2.71. The highest BCUT2D eigenvalue weighted by atomic mass is 79.9. The summed E-state index contributed by atoms with van der Waals surface area (Å²) in [5.41, 5.74) is 1.67. The lowest BCUT2D eigenvalue weighted by molar-refractivity contribution is 0.347. The van der Waals surface area contributed by atoms with E-state index in [-0.39, 0.29) is 5.54 Å². The Morgan fingerprint density at radius 2 is 2.00 bits per heavy atom. The van der Waals surface area contributed by atoms with Crippen LogP contribution in [0.1, 0.15) is 32.2 Å². The molecule has 1 heterocycles. The maximum Gasteiger partial charge on any atom is 0.218 e. The van der Waals surface area contributed by atoms with Gasteiger partial charge in [-0.15, -0.1) is 0 Å². The second-order valence-corrected chi connectivity index (χ2v) is 6.89. The molecular weight excluding hydrogens is 336 g/mol. The largest absolute Gasteiger partial charge is 0.443 e. The van der Waals surface area contributed by atoms with Crippen LogP contribution in [0.5, 0.6) is 5.75 Å².